The molecule has 3 aliphatic rings. The first-order chi connectivity index (χ1) is 64.7. The third-order valence-corrected chi connectivity index (χ3v) is 32.1. The van der Waals surface area contributed by atoms with Gasteiger partial charge in [0.25, 0.3) is 40.1 Å². The highest BCUT2D eigenvalue weighted by atomic mass is 79.9. The molecule has 0 atom stereocenters. The van der Waals surface area contributed by atoms with Crippen molar-refractivity contribution in [3.63, 3.8) is 0 Å². The molecule has 0 amide bonds. The van der Waals surface area contributed by atoms with Gasteiger partial charge in [0.1, 0.15) is 36.2 Å². The number of rotatable bonds is 14. The zero-order chi connectivity index (χ0) is 98.0. The summed E-state index contributed by atoms with van der Waals surface area (Å²) in [6.45, 7) is 25.7. The molecule has 2 aliphatic heterocycles. The molecule has 10 aromatic carbocycles. The van der Waals surface area contributed by atoms with Crippen LogP contribution in [-0.2, 0) is 82.8 Å². The Bertz CT molecular complexity index is 7830. The van der Waals surface area contributed by atoms with Gasteiger partial charge in [-0.15, -0.1) is 0 Å². The molecule has 2 fully saturated rings. The van der Waals surface area contributed by atoms with Gasteiger partial charge >= 0.3 is 14.4 Å². The number of aromatic amines is 1. The SMILES string of the molecule is CC(C)OB1OC(C)(C)C(C)(C)O1.Cc1c(B2OC(C)(C)C(C)(C)O2)c2cccc(C#N)c2n1S(=O)(=O)c1ccccc1.Cc1c(Br)c2cccc(C#N)c2n1S(=O)(=O)c1ccccc1.Cc1cc2cccc(C#N)c2n1S(=O)(=O)c1ccccc1.Clc1nc2c(c(NCc3ccccc3)n1)CCCC2.N#Cc1cccc2cc[nH]c12.N#Cc1cccc2ccn(S(=O)(=O)c3ccccc3)c12. The van der Waals surface area contributed by atoms with Crippen molar-refractivity contribution in [2.45, 2.75) is 170 Å². The number of anilines is 1. The molecule has 0 radical (unpaired) electrons. The Labute approximate surface area is 806 Å². The van der Waals surface area contributed by atoms with Gasteiger partial charge < -0.3 is 33.6 Å². The second-order valence-electron chi connectivity index (χ2n) is 34.2. The summed E-state index contributed by atoms with van der Waals surface area (Å²) in [7, 11) is -16.4. The minimum Gasteiger partial charge on any atom is -0.399 e. The van der Waals surface area contributed by atoms with Crippen molar-refractivity contribution in [1.29, 1.82) is 26.3 Å². The molecule has 26 nitrogen and oxygen atoms in total. The number of nitriles is 5. The van der Waals surface area contributed by atoms with Crippen molar-refractivity contribution < 1.29 is 56.9 Å². The molecule has 0 bridgehead atoms. The molecule has 1 aliphatic carbocycles. The predicted molar refractivity (Wildman–Crippen MR) is 533 cm³/mol. The van der Waals surface area contributed by atoms with E-state index in [-0.39, 0.29) is 42.5 Å². The first kappa shape index (κ1) is 100. The van der Waals surface area contributed by atoms with Crippen molar-refractivity contribution in [1.82, 2.24) is 30.8 Å². The molecule has 16 aromatic rings. The predicted octanol–water partition coefficient (Wildman–Crippen LogP) is 20.6. The number of nitrogens with zero attached hydrogens (tertiary/aromatic N) is 11. The third kappa shape index (κ3) is 20.9. The molecule has 0 unspecified atom stereocenters. The van der Waals surface area contributed by atoms with E-state index in [1.807, 2.05) is 118 Å². The van der Waals surface area contributed by atoms with Gasteiger partial charge in [-0.05, 0) is 246 Å². The first-order valence-electron chi connectivity index (χ1n) is 43.3. The number of nitrogens with one attached hydrogen (secondary N) is 2. The molecule has 8 heterocycles. The average Bonchev–Trinajstić information content (AvgIpc) is 1.56. The van der Waals surface area contributed by atoms with E-state index >= 15 is 0 Å². The molecular weight excluding hydrogens is 1880 g/mol. The highest BCUT2D eigenvalue weighted by molar-refractivity contribution is 9.10. The summed E-state index contributed by atoms with van der Waals surface area (Å²) < 4.78 is 139. The molecule has 136 heavy (non-hydrogen) atoms. The van der Waals surface area contributed by atoms with Crippen molar-refractivity contribution in [2.75, 3.05) is 5.32 Å². The van der Waals surface area contributed by atoms with Gasteiger partial charge in [0.15, 0.2) is 0 Å². The summed E-state index contributed by atoms with van der Waals surface area (Å²) in [5.41, 5.74) is 8.55. The van der Waals surface area contributed by atoms with Gasteiger partial charge in [0.05, 0.1) is 103 Å². The standard InChI is InChI=1S/C22H23BN2O4S.C16H11BrN2O2S.C16H12N2O2S.C15H16ClN3.C15H10N2O2S.C9H19BO3.C9H6N2/c1-15-19(23-28-21(2,3)22(4,5)29-23)18-13-9-10-16(14-24)20(18)25(15)30(26,27)17-11-7-6-8-12-17;1-11-15(17)14-9-5-6-12(10-18)16(14)19(11)22(20,21)13-7-3-2-4-8-13;1-12-10-13-6-5-7-14(11-17)16(13)18(12)21(19,20)15-8-3-2-4-9-15;16-15-18-13-9-5-4-8-12(13)14(19-15)17-10-11-6-2-1-3-7-11;16-11-13-6-4-5-12-9-10-17(15(12)13)20(18,19)14-7-2-1-3-8-14;1-7(2)11-10-12-8(3,4)9(5,6)13-10;10-6-8-3-1-2-7-4-5-11-9(7)8/h6-13H,1-5H3;2-9H,1H3;2-10H,1H3;1-3,6-7H,4-5,8-10H2,(H,17,18,19);1-10H;7H,1-6H3;1-5,11H. The Kier molecular flexibility index (Phi) is 30.6. The van der Waals surface area contributed by atoms with Crippen LogP contribution < -0.4 is 10.8 Å². The molecule has 2 saturated heterocycles. The number of hydrogen-bond acceptors (Lipinski definition) is 21. The summed E-state index contributed by atoms with van der Waals surface area (Å²) >= 11 is 9.44. The van der Waals surface area contributed by atoms with Crippen LogP contribution in [0.3, 0.4) is 0 Å². The summed E-state index contributed by atoms with van der Waals surface area (Å²) in [5, 5.41) is 53.7. The molecule has 0 spiro atoms. The lowest BCUT2D eigenvalue weighted by molar-refractivity contribution is 0.00578. The minimum absolute atomic E-state index is 0.120. The maximum Gasteiger partial charge on any atom is 0.640 e. The zero-order valence-electron chi connectivity index (χ0n) is 76.9. The monoisotopic (exact) mass is 1980 g/mol. The molecule has 692 valence electrons. The third-order valence-electron chi connectivity index (χ3n) is 23.8. The second kappa shape index (κ2) is 41.5. The van der Waals surface area contributed by atoms with E-state index in [1.54, 1.807) is 221 Å². The normalized spacial score (nSPS) is 14.4. The Morgan fingerprint density at radius 3 is 1.38 bits per heavy atom. The van der Waals surface area contributed by atoms with Gasteiger partial charge in [-0.2, -0.15) is 26.3 Å². The van der Waals surface area contributed by atoms with E-state index in [0.717, 1.165) is 56.5 Å². The second-order valence-corrected chi connectivity index (χ2v) is 42.5. The topological polar surface area (TPSA) is 375 Å². The molecule has 6 aromatic heterocycles. The lowest BCUT2D eigenvalue weighted by Crippen LogP contribution is -2.41. The maximum atomic E-state index is 13.6. The maximum absolute atomic E-state index is 13.6. The van der Waals surface area contributed by atoms with Gasteiger partial charge in [-0.1, -0.05) is 164 Å². The summed E-state index contributed by atoms with van der Waals surface area (Å²) in [6, 6.07) is 85.2. The quantitative estimate of drug-likeness (QED) is 0.0754. The molecule has 0 saturated carbocycles. The number of para-hydroxylation sites is 5. The van der Waals surface area contributed by atoms with Crippen molar-refractivity contribution >= 4 is 148 Å². The van der Waals surface area contributed by atoms with Crippen LogP contribution in [0.25, 0.3) is 54.5 Å². The molecule has 19 rings (SSSR count). The summed E-state index contributed by atoms with van der Waals surface area (Å²) in [4.78, 5) is 12.5. The summed E-state index contributed by atoms with van der Waals surface area (Å²) in [5.74, 6) is 0.901. The molecule has 2 N–H and O–H groups in total. The van der Waals surface area contributed by atoms with E-state index in [0.29, 0.717) is 87.4 Å². The number of halogens is 2. The van der Waals surface area contributed by atoms with Gasteiger partial charge in [0, 0.05) is 84.6 Å². The number of H-pyrrole nitrogens is 1. The number of hydrogen-bond donors (Lipinski definition) is 2. The van der Waals surface area contributed by atoms with Crippen LogP contribution in [-0.4, -0.2) is 107 Å². The fraction of sp³-hybridized carbons (Fsp3) is 0.225. The lowest BCUT2D eigenvalue weighted by atomic mass is 9.77. The van der Waals surface area contributed by atoms with Gasteiger partial charge in [-0.25, -0.2) is 59.5 Å². The number of aromatic nitrogens is 7. The van der Waals surface area contributed by atoms with E-state index in [2.05, 4.69) is 72.6 Å². The van der Waals surface area contributed by atoms with Gasteiger partial charge in [0.2, 0.25) is 5.28 Å². The van der Waals surface area contributed by atoms with Crippen LogP contribution in [0.4, 0.5) is 5.82 Å². The van der Waals surface area contributed by atoms with Crippen LogP contribution in [0, 0.1) is 77.4 Å². The van der Waals surface area contributed by atoms with E-state index in [1.165, 1.54) is 54.2 Å². The highest BCUT2D eigenvalue weighted by Gasteiger charge is 2.55. The van der Waals surface area contributed by atoms with Gasteiger partial charge in [-0.3, -0.25) is 0 Å². The summed E-state index contributed by atoms with van der Waals surface area (Å²) in [6.07, 6.45) is 7.89. The molecular formula is C102H97B2BrClN13O13S4. The first-order valence-corrected chi connectivity index (χ1v) is 50.2. The fourth-order valence-corrected chi connectivity index (χ4v) is 22.6. The van der Waals surface area contributed by atoms with E-state index < -0.39 is 65.7 Å². The minimum atomic E-state index is -3.94. The Morgan fingerprint density at radius 1 is 0.463 bits per heavy atom. The van der Waals surface area contributed by atoms with Crippen LogP contribution in [0.1, 0.15) is 144 Å². The van der Waals surface area contributed by atoms with E-state index in [9.17, 15) is 49.5 Å². The van der Waals surface area contributed by atoms with Crippen LogP contribution in [0.2, 0.25) is 5.28 Å². The smallest absolute Gasteiger partial charge is 0.399 e. The van der Waals surface area contributed by atoms with E-state index in [4.69, 9.17) is 45.4 Å². The van der Waals surface area contributed by atoms with Crippen LogP contribution in [0.15, 0.2) is 297 Å². The Morgan fingerprint density at radius 2 is 0.875 bits per heavy atom. The average molecular weight is 1980 g/mol. The fourth-order valence-electron chi connectivity index (χ4n) is 15.6. The highest BCUT2D eigenvalue weighted by Crippen LogP contribution is 2.42. The number of aryl methyl sites for hydroxylation is 2. The van der Waals surface area contributed by atoms with Crippen molar-refractivity contribution in [2.24, 2.45) is 0 Å². The Hall–Kier alpha value is -13.3. The zero-order valence-corrected chi connectivity index (χ0v) is 82.5. The Balaban J connectivity index is 0.000000137. The van der Waals surface area contributed by atoms with Crippen molar-refractivity contribution in [3.05, 3.63) is 345 Å². The van der Waals surface area contributed by atoms with Crippen LogP contribution >= 0.6 is 27.5 Å². The van der Waals surface area contributed by atoms with Crippen LogP contribution in [0.5, 0.6) is 0 Å². The number of fused-ring (bicyclic) bond motifs is 6. The lowest BCUT2D eigenvalue weighted by Gasteiger charge is -2.32. The number of benzene rings is 10. The van der Waals surface area contributed by atoms with Crippen molar-refractivity contribution in [3.8, 4) is 30.3 Å². The largest absolute Gasteiger partial charge is 0.640 e. The molecule has 34 heteroatoms.